The van der Waals surface area contributed by atoms with Crippen molar-refractivity contribution in [2.24, 2.45) is 11.8 Å². The second kappa shape index (κ2) is 11.6. The minimum Gasteiger partial charge on any atom is -0.490 e. The maximum absolute atomic E-state index is 14.1. The average molecular weight is 392 g/mol. The second-order valence-corrected chi connectivity index (χ2v) is 7.13. The maximum atomic E-state index is 14.1. The largest absolute Gasteiger partial charge is 0.490 e. The van der Waals surface area contributed by atoms with Crippen molar-refractivity contribution in [2.75, 3.05) is 6.61 Å². The van der Waals surface area contributed by atoms with E-state index in [-0.39, 0.29) is 31.3 Å². The molecule has 3 N–H and O–H groups in total. The third-order valence-corrected chi connectivity index (χ3v) is 4.95. The van der Waals surface area contributed by atoms with Crippen molar-refractivity contribution in [1.82, 2.24) is 0 Å². The molecule has 2 rings (SSSR count). The summed E-state index contributed by atoms with van der Waals surface area (Å²) in [6.45, 7) is -0.111. The number of ether oxygens (including phenoxy) is 1. The summed E-state index contributed by atoms with van der Waals surface area (Å²) in [5.74, 6) is -0.733. The van der Waals surface area contributed by atoms with E-state index in [2.05, 4.69) is 0 Å². The van der Waals surface area contributed by atoms with Crippen molar-refractivity contribution in [3.8, 4) is 5.75 Å². The van der Waals surface area contributed by atoms with Crippen molar-refractivity contribution >= 4 is 5.97 Å². The molecule has 0 amide bonds. The first-order chi connectivity index (χ1) is 13.5. The van der Waals surface area contributed by atoms with E-state index >= 15 is 0 Å². The fourth-order valence-electron chi connectivity index (χ4n) is 3.45. The molecule has 0 aliphatic heterocycles. The van der Waals surface area contributed by atoms with Crippen LogP contribution in [-0.2, 0) is 4.79 Å². The number of allylic oxidation sites excluding steroid dienone is 2. The third-order valence-electron chi connectivity index (χ3n) is 4.95. The Morgan fingerprint density at radius 2 is 1.96 bits per heavy atom. The van der Waals surface area contributed by atoms with Gasteiger partial charge in [0.05, 0.1) is 12.2 Å². The molecule has 1 aromatic rings. The number of hydrogen-bond donors (Lipinski definition) is 3. The normalized spacial score (nSPS) is 26.1. The van der Waals surface area contributed by atoms with Crippen LogP contribution >= 0.6 is 0 Å². The number of carbonyl (C=O) groups is 1. The Morgan fingerprint density at radius 1 is 1.21 bits per heavy atom. The topological polar surface area (TPSA) is 87.0 Å². The predicted molar refractivity (Wildman–Crippen MR) is 105 cm³/mol. The van der Waals surface area contributed by atoms with Gasteiger partial charge in [-0.1, -0.05) is 42.5 Å². The van der Waals surface area contributed by atoms with E-state index in [1.165, 1.54) is 6.08 Å². The van der Waals surface area contributed by atoms with Gasteiger partial charge in [-0.15, -0.1) is 0 Å². The van der Waals surface area contributed by atoms with Crippen LogP contribution < -0.4 is 4.74 Å². The van der Waals surface area contributed by atoms with Crippen LogP contribution in [0.15, 0.2) is 54.6 Å². The summed E-state index contributed by atoms with van der Waals surface area (Å²) in [6.07, 6.45) is 6.33. The predicted octanol–water partition coefficient (Wildman–Crippen LogP) is 3.52. The lowest BCUT2D eigenvalue weighted by Gasteiger charge is -2.19. The van der Waals surface area contributed by atoms with E-state index in [0.717, 1.165) is 0 Å². The van der Waals surface area contributed by atoms with Crippen molar-refractivity contribution in [3.63, 3.8) is 0 Å². The summed E-state index contributed by atoms with van der Waals surface area (Å²) in [7, 11) is 0. The van der Waals surface area contributed by atoms with E-state index in [1.807, 2.05) is 30.4 Å². The van der Waals surface area contributed by atoms with Crippen molar-refractivity contribution < 1.29 is 29.2 Å². The fraction of sp³-hybridized carbons (Fsp3) is 0.500. The maximum Gasteiger partial charge on any atom is 0.303 e. The number of alkyl halides is 1. The van der Waals surface area contributed by atoms with E-state index in [4.69, 9.17) is 9.84 Å². The molecule has 28 heavy (non-hydrogen) atoms. The van der Waals surface area contributed by atoms with Crippen LogP contribution in [0.3, 0.4) is 0 Å². The summed E-state index contributed by atoms with van der Waals surface area (Å²) >= 11 is 0. The molecule has 154 valence electrons. The van der Waals surface area contributed by atoms with Gasteiger partial charge in [0.25, 0.3) is 0 Å². The molecule has 1 aliphatic carbocycles. The van der Waals surface area contributed by atoms with Crippen molar-refractivity contribution in [2.45, 2.75) is 50.5 Å². The standard InChI is InChI=1S/C22H29FO5/c23-16(15-28-17-8-4-3-5-9-17)12-13-19-18(20(24)14-21(19)25)10-6-1-2-7-11-22(26)27/h1,3-6,8-9,12-13,16,18-21,24-25H,2,7,10-11,14-15H2,(H,26,27)/b6-1-,13-12+/t16?,18-,19-,20+,21-/m1/s1. The number of aliphatic hydroxyl groups is 2. The number of carboxylic acids is 1. The number of carboxylic acid groups (broad SMARTS) is 1. The first kappa shape index (κ1) is 22.1. The smallest absolute Gasteiger partial charge is 0.303 e. The molecule has 0 heterocycles. The summed E-state index contributed by atoms with van der Waals surface area (Å²) in [4.78, 5) is 10.5. The molecule has 5 atom stereocenters. The molecule has 1 aromatic carbocycles. The molecule has 1 fully saturated rings. The van der Waals surface area contributed by atoms with Gasteiger partial charge in [0.1, 0.15) is 12.4 Å². The van der Waals surface area contributed by atoms with E-state index in [1.54, 1.807) is 18.2 Å². The van der Waals surface area contributed by atoms with Crippen LogP contribution in [-0.4, -0.2) is 46.3 Å². The minimum absolute atomic E-state index is 0.111. The molecular formula is C22H29FO5. The highest BCUT2D eigenvalue weighted by atomic mass is 19.1. The van der Waals surface area contributed by atoms with E-state index in [9.17, 15) is 19.4 Å². The summed E-state index contributed by atoms with van der Waals surface area (Å²) < 4.78 is 19.5. The summed E-state index contributed by atoms with van der Waals surface area (Å²) in [6, 6.07) is 8.99. The number of hydrogen-bond acceptors (Lipinski definition) is 4. The highest BCUT2D eigenvalue weighted by Crippen LogP contribution is 2.36. The van der Waals surface area contributed by atoms with Crippen molar-refractivity contribution in [1.29, 1.82) is 0 Å². The molecule has 0 bridgehead atoms. The molecule has 0 radical (unpaired) electrons. The lowest BCUT2D eigenvalue weighted by molar-refractivity contribution is -0.137. The van der Waals surface area contributed by atoms with Gasteiger partial charge in [0, 0.05) is 18.8 Å². The Hall–Kier alpha value is -2.18. The van der Waals surface area contributed by atoms with Crippen LogP contribution in [0.4, 0.5) is 4.39 Å². The number of unbranched alkanes of at least 4 members (excludes halogenated alkanes) is 1. The van der Waals surface area contributed by atoms with E-state index in [0.29, 0.717) is 25.0 Å². The highest BCUT2D eigenvalue weighted by molar-refractivity contribution is 5.66. The van der Waals surface area contributed by atoms with Gasteiger partial charge in [-0.2, -0.15) is 0 Å². The molecule has 0 spiro atoms. The van der Waals surface area contributed by atoms with Gasteiger partial charge in [0.15, 0.2) is 6.17 Å². The molecule has 5 nitrogen and oxygen atoms in total. The second-order valence-electron chi connectivity index (χ2n) is 7.13. The lowest BCUT2D eigenvalue weighted by atomic mass is 9.89. The third kappa shape index (κ3) is 7.44. The van der Waals surface area contributed by atoms with Gasteiger partial charge < -0.3 is 20.1 Å². The van der Waals surface area contributed by atoms with Gasteiger partial charge in [-0.05, 0) is 37.3 Å². The number of aliphatic carboxylic acids is 1. The number of para-hydroxylation sites is 1. The summed E-state index contributed by atoms with van der Waals surface area (Å²) in [5, 5.41) is 29.0. The van der Waals surface area contributed by atoms with Crippen LogP contribution in [0.1, 0.15) is 32.1 Å². The van der Waals surface area contributed by atoms with Gasteiger partial charge >= 0.3 is 5.97 Å². The van der Waals surface area contributed by atoms with Gasteiger partial charge in [-0.3, -0.25) is 4.79 Å². The van der Waals surface area contributed by atoms with Crippen LogP contribution in [0.25, 0.3) is 0 Å². The molecular weight excluding hydrogens is 363 g/mol. The first-order valence-corrected chi connectivity index (χ1v) is 9.70. The van der Waals surface area contributed by atoms with Gasteiger partial charge in [0.2, 0.25) is 0 Å². The minimum atomic E-state index is -1.31. The zero-order valence-corrected chi connectivity index (χ0v) is 15.9. The lowest BCUT2D eigenvalue weighted by Crippen LogP contribution is -2.20. The highest BCUT2D eigenvalue weighted by Gasteiger charge is 2.39. The molecule has 1 aliphatic rings. The van der Waals surface area contributed by atoms with Crippen LogP contribution in [0.5, 0.6) is 5.75 Å². The Balaban J connectivity index is 1.82. The Kier molecular flexibility index (Phi) is 9.17. The Labute approximate surface area is 165 Å². The van der Waals surface area contributed by atoms with E-state index < -0.39 is 24.3 Å². The Bertz CT molecular complexity index is 646. The molecule has 0 saturated heterocycles. The SMILES string of the molecule is O=C(O)CCC/C=C\C[C@@H]1[C@@H](/C=C/C(F)COc2ccccc2)[C@H](O)C[C@@H]1O. The number of rotatable bonds is 11. The monoisotopic (exact) mass is 392 g/mol. The zero-order valence-electron chi connectivity index (χ0n) is 15.9. The van der Waals surface area contributed by atoms with Crippen LogP contribution in [0.2, 0.25) is 0 Å². The molecule has 6 heteroatoms. The molecule has 1 unspecified atom stereocenters. The summed E-state index contributed by atoms with van der Waals surface area (Å²) in [5.41, 5.74) is 0. The molecule has 0 aromatic heterocycles. The average Bonchev–Trinajstić information content (AvgIpc) is 2.94. The van der Waals surface area contributed by atoms with Crippen LogP contribution in [0, 0.1) is 11.8 Å². The molecule has 1 saturated carbocycles. The quantitative estimate of drug-likeness (QED) is 0.396. The van der Waals surface area contributed by atoms with Crippen molar-refractivity contribution in [3.05, 3.63) is 54.6 Å². The Morgan fingerprint density at radius 3 is 2.68 bits per heavy atom. The fourth-order valence-corrected chi connectivity index (χ4v) is 3.45. The first-order valence-electron chi connectivity index (χ1n) is 9.70. The number of benzene rings is 1. The number of aliphatic hydroxyl groups excluding tert-OH is 2. The zero-order chi connectivity index (χ0) is 20.4. The van der Waals surface area contributed by atoms with Gasteiger partial charge in [-0.25, -0.2) is 4.39 Å². The number of halogens is 1.